The molecule has 10 heteroatoms. The van der Waals surface area contributed by atoms with Gasteiger partial charge in [-0.15, -0.1) is 0 Å². The van der Waals surface area contributed by atoms with E-state index in [2.05, 4.69) is 16.0 Å². The molecule has 2 aliphatic heterocycles. The number of carbonyl (C=O) groups excluding carboxylic acids is 4. The summed E-state index contributed by atoms with van der Waals surface area (Å²) in [5.74, 6) is -2.87. The quantitative estimate of drug-likeness (QED) is 0.357. The minimum absolute atomic E-state index is 0.121. The molecule has 2 fully saturated rings. The summed E-state index contributed by atoms with van der Waals surface area (Å²) in [6.07, 6.45) is 4.16. The van der Waals surface area contributed by atoms with E-state index in [1.165, 1.54) is 0 Å². The second-order valence-corrected chi connectivity index (χ2v) is 9.94. The number of halogens is 1. The standard InChI is InChI=1S/C23H30ClN5O4/c24-15-5-6-17-14(9-15)11-23(29-17,22(26)33)16(8-12-3-4-12)21(32)28-18(19(25)30)10-13-2-1-7-27-20(13)31/h5-6,9,12-13,16,18,29H,1-4,7-8,10-11H2,(H2,25,30)(H2,26,33)(H,27,31)(H,28,32)/t13-,16?,18-,23-/m0/s1. The predicted molar refractivity (Wildman–Crippen MR) is 123 cm³/mol. The molecule has 1 aromatic rings. The second kappa shape index (κ2) is 9.21. The number of primary amides is 2. The Balaban J connectivity index is 1.57. The van der Waals surface area contributed by atoms with Crippen molar-refractivity contribution in [3.63, 3.8) is 0 Å². The maximum atomic E-state index is 13.6. The Labute approximate surface area is 197 Å². The van der Waals surface area contributed by atoms with Gasteiger partial charge >= 0.3 is 0 Å². The maximum Gasteiger partial charge on any atom is 0.244 e. The van der Waals surface area contributed by atoms with Crippen molar-refractivity contribution in [1.29, 1.82) is 0 Å². The fourth-order valence-corrected chi connectivity index (χ4v) is 5.22. The lowest BCUT2D eigenvalue weighted by Crippen LogP contribution is -2.61. The third-order valence-corrected chi connectivity index (χ3v) is 7.33. The third kappa shape index (κ3) is 4.93. The molecule has 0 bridgehead atoms. The van der Waals surface area contributed by atoms with E-state index in [1.807, 2.05) is 0 Å². The van der Waals surface area contributed by atoms with Crippen LogP contribution >= 0.6 is 11.6 Å². The zero-order valence-electron chi connectivity index (χ0n) is 18.4. The van der Waals surface area contributed by atoms with Crippen LogP contribution in [0.15, 0.2) is 18.2 Å². The highest BCUT2D eigenvalue weighted by Gasteiger charge is 2.53. The van der Waals surface area contributed by atoms with E-state index >= 15 is 0 Å². The highest BCUT2D eigenvalue weighted by molar-refractivity contribution is 6.30. The summed E-state index contributed by atoms with van der Waals surface area (Å²) < 4.78 is 0. The number of hydrogen-bond donors (Lipinski definition) is 5. The smallest absolute Gasteiger partial charge is 0.244 e. The number of nitrogens with one attached hydrogen (secondary N) is 3. The van der Waals surface area contributed by atoms with E-state index in [0.29, 0.717) is 36.0 Å². The number of nitrogens with two attached hydrogens (primary N) is 2. The third-order valence-electron chi connectivity index (χ3n) is 7.09. The first-order valence-corrected chi connectivity index (χ1v) is 11.8. The molecule has 0 radical (unpaired) electrons. The van der Waals surface area contributed by atoms with Gasteiger partial charge < -0.3 is 27.4 Å². The van der Waals surface area contributed by atoms with Crippen LogP contribution < -0.4 is 27.4 Å². The van der Waals surface area contributed by atoms with Crippen molar-refractivity contribution >= 4 is 40.9 Å². The maximum absolute atomic E-state index is 13.6. The van der Waals surface area contributed by atoms with Gasteiger partial charge in [0.1, 0.15) is 11.6 Å². The molecule has 33 heavy (non-hydrogen) atoms. The monoisotopic (exact) mass is 475 g/mol. The van der Waals surface area contributed by atoms with Gasteiger partial charge in [-0.1, -0.05) is 24.4 Å². The van der Waals surface area contributed by atoms with Crippen LogP contribution in [-0.4, -0.2) is 41.8 Å². The van der Waals surface area contributed by atoms with Crippen LogP contribution in [0, 0.1) is 17.8 Å². The van der Waals surface area contributed by atoms with Gasteiger partial charge in [0.05, 0.1) is 5.92 Å². The number of anilines is 1. The molecular formula is C23H30ClN5O4. The molecule has 1 saturated carbocycles. The van der Waals surface area contributed by atoms with Crippen LogP contribution in [0.1, 0.15) is 44.1 Å². The minimum Gasteiger partial charge on any atom is -0.370 e. The Morgan fingerprint density at radius 3 is 2.58 bits per heavy atom. The van der Waals surface area contributed by atoms with Crippen molar-refractivity contribution in [2.24, 2.45) is 29.2 Å². The van der Waals surface area contributed by atoms with Crippen LogP contribution in [-0.2, 0) is 25.6 Å². The molecular weight excluding hydrogens is 446 g/mol. The lowest BCUT2D eigenvalue weighted by Gasteiger charge is -2.36. The molecule has 1 unspecified atom stereocenters. The largest absolute Gasteiger partial charge is 0.370 e. The van der Waals surface area contributed by atoms with Crippen LogP contribution in [0.2, 0.25) is 5.02 Å². The van der Waals surface area contributed by atoms with Gasteiger partial charge in [-0.2, -0.15) is 0 Å². The first-order chi connectivity index (χ1) is 15.7. The summed E-state index contributed by atoms with van der Waals surface area (Å²) >= 11 is 6.13. The van der Waals surface area contributed by atoms with Crippen LogP contribution in [0.3, 0.4) is 0 Å². The number of rotatable bonds is 9. The van der Waals surface area contributed by atoms with Crippen molar-refractivity contribution in [1.82, 2.24) is 10.6 Å². The van der Waals surface area contributed by atoms with Gasteiger partial charge in [0.15, 0.2) is 0 Å². The number of piperidine rings is 1. The van der Waals surface area contributed by atoms with E-state index < -0.39 is 41.1 Å². The van der Waals surface area contributed by atoms with Crippen molar-refractivity contribution in [2.75, 3.05) is 11.9 Å². The highest BCUT2D eigenvalue weighted by Crippen LogP contribution is 2.44. The zero-order valence-corrected chi connectivity index (χ0v) is 19.1. The number of amides is 4. The molecule has 0 aromatic heterocycles. The van der Waals surface area contributed by atoms with E-state index in [4.69, 9.17) is 23.1 Å². The van der Waals surface area contributed by atoms with Gasteiger partial charge in [-0.3, -0.25) is 19.2 Å². The van der Waals surface area contributed by atoms with Crippen LogP contribution in [0.4, 0.5) is 5.69 Å². The first kappa shape index (κ1) is 23.4. The van der Waals surface area contributed by atoms with E-state index in [1.54, 1.807) is 18.2 Å². The molecule has 1 aromatic carbocycles. The van der Waals surface area contributed by atoms with Crippen molar-refractivity contribution in [3.05, 3.63) is 28.8 Å². The molecule has 1 aliphatic carbocycles. The summed E-state index contributed by atoms with van der Waals surface area (Å²) in [5, 5.41) is 9.26. The van der Waals surface area contributed by atoms with Crippen molar-refractivity contribution in [3.8, 4) is 0 Å². The number of carbonyl (C=O) groups is 4. The average Bonchev–Trinajstić information content (AvgIpc) is 3.50. The summed E-state index contributed by atoms with van der Waals surface area (Å²) in [7, 11) is 0. The molecule has 4 rings (SSSR count). The van der Waals surface area contributed by atoms with E-state index in [-0.39, 0.29) is 18.7 Å². The molecule has 1 saturated heterocycles. The number of fused-ring (bicyclic) bond motifs is 1. The normalized spacial score (nSPS) is 25.8. The Morgan fingerprint density at radius 1 is 1.18 bits per heavy atom. The number of benzene rings is 1. The average molecular weight is 476 g/mol. The molecule has 0 spiro atoms. The van der Waals surface area contributed by atoms with Gasteiger partial charge in [0.25, 0.3) is 0 Å². The first-order valence-electron chi connectivity index (χ1n) is 11.4. The van der Waals surface area contributed by atoms with Gasteiger partial charge in [-0.25, -0.2) is 0 Å². The molecule has 7 N–H and O–H groups in total. The molecule has 4 atom stereocenters. The van der Waals surface area contributed by atoms with Gasteiger partial charge in [0.2, 0.25) is 23.6 Å². The topological polar surface area (TPSA) is 156 Å². The Hall–Kier alpha value is -2.81. The fraction of sp³-hybridized carbons (Fsp3) is 0.565. The molecule has 3 aliphatic rings. The SMILES string of the molecule is NC(=O)[C@H](C[C@@H]1CCCNC1=O)NC(=O)C(CC1CC1)[C@]1(C(N)=O)Cc2cc(Cl)ccc2N1. The summed E-state index contributed by atoms with van der Waals surface area (Å²) in [6, 6.07) is 4.21. The number of hydrogen-bond acceptors (Lipinski definition) is 5. The van der Waals surface area contributed by atoms with E-state index in [9.17, 15) is 19.2 Å². The van der Waals surface area contributed by atoms with Crippen molar-refractivity contribution in [2.45, 2.75) is 56.5 Å². The fourth-order valence-electron chi connectivity index (χ4n) is 5.03. The molecule has 178 valence electrons. The predicted octanol–water partition coefficient (Wildman–Crippen LogP) is 0.835. The Morgan fingerprint density at radius 2 is 1.94 bits per heavy atom. The zero-order chi connectivity index (χ0) is 23.8. The Kier molecular flexibility index (Phi) is 6.52. The summed E-state index contributed by atoms with van der Waals surface area (Å²) in [4.78, 5) is 50.7. The van der Waals surface area contributed by atoms with Crippen LogP contribution in [0.25, 0.3) is 0 Å². The minimum atomic E-state index is -1.34. The highest BCUT2D eigenvalue weighted by atomic mass is 35.5. The summed E-state index contributed by atoms with van der Waals surface area (Å²) in [6.45, 7) is 0.601. The van der Waals surface area contributed by atoms with Gasteiger partial charge in [-0.05, 0) is 55.4 Å². The molecule has 2 heterocycles. The second-order valence-electron chi connectivity index (χ2n) is 9.50. The molecule has 4 amide bonds. The lowest BCUT2D eigenvalue weighted by atomic mass is 9.77. The van der Waals surface area contributed by atoms with Crippen molar-refractivity contribution < 1.29 is 19.2 Å². The molecule has 9 nitrogen and oxygen atoms in total. The lowest BCUT2D eigenvalue weighted by molar-refractivity contribution is -0.136. The summed E-state index contributed by atoms with van der Waals surface area (Å²) in [5.41, 5.74) is 11.6. The van der Waals surface area contributed by atoms with Crippen LogP contribution in [0.5, 0.6) is 0 Å². The Bertz CT molecular complexity index is 982. The van der Waals surface area contributed by atoms with E-state index in [0.717, 1.165) is 24.8 Å². The van der Waals surface area contributed by atoms with Gasteiger partial charge in [0, 0.05) is 29.6 Å².